The Morgan fingerprint density at radius 1 is 0.917 bits per heavy atom. The first-order valence-corrected chi connectivity index (χ1v) is 6.88. The molecule has 0 saturated heterocycles. The van der Waals surface area contributed by atoms with Gasteiger partial charge >= 0.3 is 23.9 Å². The first-order valence-electron chi connectivity index (χ1n) is 6.88. The van der Waals surface area contributed by atoms with E-state index >= 15 is 0 Å². The first-order chi connectivity index (χ1) is 11.0. The summed E-state index contributed by atoms with van der Waals surface area (Å²) in [4.78, 5) is 44.2. The van der Waals surface area contributed by atoms with Crippen LogP contribution in [0.1, 0.15) is 34.1 Å². The third-order valence-electron chi connectivity index (χ3n) is 2.37. The predicted molar refractivity (Wildman–Crippen MR) is 77.6 cm³/mol. The van der Waals surface area contributed by atoms with Gasteiger partial charge in [-0.2, -0.15) is 0 Å². The van der Waals surface area contributed by atoms with Crippen molar-refractivity contribution >= 4 is 23.9 Å². The van der Waals surface area contributed by atoms with Gasteiger partial charge in [0.25, 0.3) is 0 Å². The normalized spacial score (nSPS) is 13.9. The molecule has 0 aromatic rings. The van der Waals surface area contributed by atoms with Crippen LogP contribution in [-0.2, 0) is 38.1 Å². The highest BCUT2D eigenvalue weighted by molar-refractivity contribution is 5.69. The van der Waals surface area contributed by atoms with E-state index in [1.807, 2.05) is 0 Å². The fourth-order valence-electron chi connectivity index (χ4n) is 1.56. The molecule has 2 unspecified atom stereocenters. The maximum absolute atomic E-state index is 11.2. The van der Waals surface area contributed by atoms with Crippen molar-refractivity contribution in [2.24, 2.45) is 5.73 Å². The molecule has 0 radical (unpaired) electrons. The van der Waals surface area contributed by atoms with E-state index in [0.717, 1.165) is 20.8 Å². The summed E-state index contributed by atoms with van der Waals surface area (Å²) in [5, 5.41) is 9.73. The molecule has 3 N–H and O–H groups in total. The fourth-order valence-corrected chi connectivity index (χ4v) is 1.56. The van der Waals surface area contributed by atoms with Crippen molar-refractivity contribution in [3.8, 4) is 0 Å². The lowest BCUT2D eigenvalue weighted by molar-refractivity contribution is -0.161. The van der Waals surface area contributed by atoms with Crippen molar-refractivity contribution in [1.29, 1.82) is 0 Å². The molecule has 136 valence electrons. The van der Waals surface area contributed by atoms with Crippen LogP contribution in [0.15, 0.2) is 11.5 Å². The highest BCUT2D eigenvalue weighted by atomic mass is 16.6. The minimum absolute atomic E-state index is 0.102. The number of rotatable bonds is 8. The summed E-state index contributed by atoms with van der Waals surface area (Å²) in [5.74, 6) is -3.37. The molecule has 0 spiro atoms. The number of carbonyl (C=O) groups is 4. The van der Waals surface area contributed by atoms with Crippen molar-refractivity contribution in [1.82, 2.24) is 0 Å². The van der Waals surface area contributed by atoms with Crippen LogP contribution < -0.4 is 5.73 Å². The summed E-state index contributed by atoms with van der Waals surface area (Å²) in [6, 6.07) is 0. The van der Waals surface area contributed by atoms with E-state index in [1.165, 1.54) is 6.92 Å². The SMILES string of the molecule is CC(=O)OCCC(OC(C)=O)/C(OC(C)=O)=C(/N)C(O)OC(C)=O. The van der Waals surface area contributed by atoms with E-state index in [9.17, 15) is 24.3 Å². The lowest BCUT2D eigenvalue weighted by atomic mass is 10.1. The number of carbonyl (C=O) groups excluding carboxylic acids is 4. The summed E-state index contributed by atoms with van der Waals surface area (Å²) in [6.07, 6.45) is -3.26. The largest absolute Gasteiger partial charge is 0.466 e. The second-order valence-electron chi connectivity index (χ2n) is 4.60. The van der Waals surface area contributed by atoms with E-state index in [0.29, 0.717) is 0 Å². The Hall–Kier alpha value is -2.62. The number of esters is 4. The van der Waals surface area contributed by atoms with Gasteiger partial charge in [-0.25, -0.2) is 0 Å². The molecule has 10 nitrogen and oxygen atoms in total. The lowest BCUT2D eigenvalue weighted by Gasteiger charge is -2.22. The van der Waals surface area contributed by atoms with Crippen LogP contribution in [0.3, 0.4) is 0 Å². The van der Waals surface area contributed by atoms with Crippen LogP contribution in [0, 0.1) is 0 Å². The Morgan fingerprint density at radius 2 is 1.46 bits per heavy atom. The molecular formula is C14H21NO9. The third kappa shape index (κ3) is 8.73. The highest BCUT2D eigenvalue weighted by Gasteiger charge is 2.28. The zero-order valence-corrected chi connectivity index (χ0v) is 13.9. The molecule has 0 saturated carbocycles. The second-order valence-corrected chi connectivity index (χ2v) is 4.60. The maximum atomic E-state index is 11.2. The van der Waals surface area contributed by atoms with Gasteiger partial charge in [0.05, 0.1) is 6.61 Å². The van der Waals surface area contributed by atoms with Crippen LogP contribution in [-0.4, -0.2) is 48.0 Å². The Morgan fingerprint density at radius 3 is 1.88 bits per heavy atom. The minimum atomic E-state index is -1.91. The monoisotopic (exact) mass is 347 g/mol. The van der Waals surface area contributed by atoms with Gasteiger partial charge in [-0.3, -0.25) is 19.2 Å². The predicted octanol–water partition coefficient (Wildman–Crippen LogP) is -0.514. The summed E-state index contributed by atoms with van der Waals surface area (Å²) < 4.78 is 19.1. The van der Waals surface area contributed by atoms with Gasteiger partial charge in [-0.1, -0.05) is 0 Å². The smallest absolute Gasteiger partial charge is 0.307 e. The van der Waals surface area contributed by atoms with Gasteiger partial charge in [0.15, 0.2) is 11.9 Å². The number of hydrogen-bond acceptors (Lipinski definition) is 10. The van der Waals surface area contributed by atoms with Crippen LogP contribution in [0.5, 0.6) is 0 Å². The minimum Gasteiger partial charge on any atom is -0.466 e. The molecule has 0 aliphatic rings. The average Bonchev–Trinajstić information content (AvgIpc) is 2.41. The summed E-state index contributed by atoms with van der Waals surface area (Å²) in [5.41, 5.74) is 5.11. The molecule has 24 heavy (non-hydrogen) atoms. The van der Waals surface area contributed by atoms with Gasteiger partial charge in [0.2, 0.25) is 6.29 Å². The molecular weight excluding hydrogens is 326 g/mol. The van der Waals surface area contributed by atoms with Crippen LogP contribution in [0.4, 0.5) is 0 Å². The molecule has 0 aromatic heterocycles. The second kappa shape index (κ2) is 10.2. The Kier molecular flexibility index (Phi) is 9.10. The number of ether oxygens (including phenoxy) is 4. The molecule has 2 atom stereocenters. The number of hydrogen-bond donors (Lipinski definition) is 2. The molecule has 0 aromatic carbocycles. The Bertz CT molecular complexity index is 526. The van der Waals surface area contributed by atoms with Crippen molar-refractivity contribution < 1.29 is 43.2 Å². The summed E-state index contributed by atoms with van der Waals surface area (Å²) in [6.45, 7) is 4.20. The third-order valence-corrected chi connectivity index (χ3v) is 2.37. The van der Waals surface area contributed by atoms with E-state index in [4.69, 9.17) is 19.9 Å². The van der Waals surface area contributed by atoms with Crippen molar-refractivity contribution in [2.45, 2.75) is 46.5 Å². The summed E-state index contributed by atoms with van der Waals surface area (Å²) >= 11 is 0. The van der Waals surface area contributed by atoms with E-state index in [2.05, 4.69) is 4.74 Å². The molecule has 0 aliphatic carbocycles. The number of aliphatic hydroxyl groups excluding tert-OH is 1. The lowest BCUT2D eigenvalue weighted by Crippen LogP contribution is -2.32. The molecule has 0 heterocycles. The van der Waals surface area contributed by atoms with Crippen molar-refractivity contribution in [3.63, 3.8) is 0 Å². The van der Waals surface area contributed by atoms with Gasteiger partial charge in [-0.05, 0) is 0 Å². The van der Waals surface area contributed by atoms with Crippen molar-refractivity contribution in [2.75, 3.05) is 6.61 Å². The molecule has 0 amide bonds. The Balaban J connectivity index is 5.54. The summed E-state index contributed by atoms with van der Waals surface area (Å²) in [7, 11) is 0. The Labute approximate surface area is 138 Å². The number of aliphatic hydroxyl groups is 1. The van der Waals surface area contributed by atoms with E-state index < -0.39 is 47.7 Å². The van der Waals surface area contributed by atoms with E-state index in [1.54, 1.807) is 0 Å². The molecule has 0 rings (SSSR count). The standard InChI is InChI=1S/C14H21NO9/c1-7(16)21-6-5-11(22-8(2)17)13(23-9(3)18)12(15)14(20)24-10(4)19/h11,14,20H,5-6,15H2,1-4H3/b13-12-. The molecule has 0 bridgehead atoms. The number of nitrogens with two attached hydrogens (primary N) is 1. The quantitative estimate of drug-likeness (QED) is 0.254. The highest BCUT2D eigenvalue weighted by Crippen LogP contribution is 2.19. The fraction of sp³-hybridized carbons (Fsp3) is 0.571. The molecule has 0 aliphatic heterocycles. The molecule has 0 fully saturated rings. The average molecular weight is 347 g/mol. The van der Waals surface area contributed by atoms with Gasteiger partial charge in [-0.15, -0.1) is 0 Å². The zero-order valence-electron chi connectivity index (χ0n) is 13.9. The maximum Gasteiger partial charge on any atom is 0.307 e. The van der Waals surface area contributed by atoms with Gasteiger partial charge in [0.1, 0.15) is 5.70 Å². The van der Waals surface area contributed by atoms with Crippen molar-refractivity contribution in [3.05, 3.63) is 11.5 Å². The first kappa shape index (κ1) is 21.4. The van der Waals surface area contributed by atoms with Crippen LogP contribution in [0.25, 0.3) is 0 Å². The van der Waals surface area contributed by atoms with Crippen LogP contribution >= 0.6 is 0 Å². The zero-order chi connectivity index (χ0) is 18.9. The van der Waals surface area contributed by atoms with Crippen LogP contribution in [0.2, 0.25) is 0 Å². The van der Waals surface area contributed by atoms with Gasteiger partial charge < -0.3 is 29.8 Å². The topological polar surface area (TPSA) is 151 Å². The van der Waals surface area contributed by atoms with Gasteiger partial charge in [0, 0.05) is 34.1 Å². The molecule has 10 heteroatoms. The van der Waals surface area contributed by atoms with E-state index in [-0.39, 0.29) is 13.0 Å².